The van der Waals surface area contributed by atoms with Gasteiger partial charge in [0.15, 0.2) is 0 Å². The van der Waals surface area contributed by atoms with Gasteiger partial charge in [-0.1, -0.05) is 24.3 Å². The zero-order valence-corrected chi connectivity index (χ0v) is 14.2. The molecule has 0 unspecified atom stereocenters. The van der Waals surface area contributed by atoms with Gasteiger partial charge in [0.2, 0.25) is 11.8 Å². The highest BCUT2D eigenvalue weighted by atomic mass is 16.2. The van der Waals surface area contributed by atoms with Crippen LogP contribution in [0.3, 0.4) is 0 Å². The molecule has 0 aliphatic heterocycles. The Morgan fingerprint density at radius 2 is 1.88 bits per heavy atom. The number of para-hydroxylation sites is 1. The van der Waals surface area contributed by atoms with E-state index in [-0.39, 0.29) is 17.9 Å². The second-order valence-corrected chi connectivity index (χ2v) is 5.67. The Bertz CT molecular complexity index is 886. The van der Waals surface area contributed by atoms with E-state index in [2.05, 4.69) is 10.6 Å². The molecule has 132 valence electrons. The predicted octanol–water partition coefficient (Wildman–Crippen LogP) is 1.34. The molecule has 0 aliphatic rings. The summed E-state index contributed by atoms with van der Waals surface area (Å²) in [6, 6.07) is 14.2. The van der Waals surface area contributed by atoms with Crippen LogP contribution in [0.4, 0.5) is 5.69 Å². The molecule has 0 aromatic heterocycles. The summed E-state index contributed by atoms with van der Waals surface area (Å²) < 4.78 is 0. The van der Waals surface area contributed by atoms with Crippen LogP contribution in [0, 0.1) is 11.3 Å². The van der Waals surface area contributed by atoms with E-state index in [1.54, 1.807) is 42.5 Å². The van der Waals surface area contributed by atoms with Crippen molar-refractivity contribution in [3.63, 3.8) is 0 Å². The van der Waals surface area contributed by atoms with Gasteiger partial charge in [0, 0.05) is 13.3 Å². The molecule has 0 aliphatic carbocycles. The number of nitriles is 1. The first-order valence-corrected chi connectivity index (χ1v) is 7.86. The van der Waals surface area contributed by atoms with E-state index >= 15 is 0 Å². The average molecular weight is 350 g/mol. The molecule has 2 rings (SSSR count). The minimum absolute atomic E-state index is 0.152. The summed E-state index contributed by atoms with van der Waals surface area (Å²) in [5.74, 6) is -1.54. The second-order valence-electron chi connectivity index (χ2n) is 5.67. The number of carbonyl (C=O) groups excluding carboxylic acids is 3. The topological polar surface area (TPSA) is 125 Å². The Kier molecular flexibility index (Phi) is 6.06. The molecule has 0 heterocycles. The van der Waals surface area contributed by atoms with Crippen LogP contribution in [0.15, 0.2) is 48.5 Å². The van der Waals surface area contributed by atoms with Crippen molar-refractivity contribution in [3.8, 4) is 6.07 Å². The highest BCUT2D eigenvalue weighted by Gasteiger charge is 2.21. The average Bonchev–Trinajstić information content (AvgIpc) is 2.61. The quantitative estimate of drug-likeness (QED) is 0.727. The van der Waals surface area contributed by atoms with Crippen molar-refractivity contribution in [2.24, 2.45) is 5.73 Å². The van der Waals surface area contributed by atoms with Crippen LogP contribution < -0.4 is 16.4 Å². The third-order valence-electron chi connectivity index (χ3n) is 3.63. The molecule has 2 aromatic carbocycles. The van der Waals surface area contributed by atoms with Crippen LogP contribution in [0.1, 0.15) is 28.4 Å². The zero-order valence-electron chi connectivity index (χ0n) is 14.2. The van der Waals surface area contributed by atoms with Crippen molar-refractivity contribution in [2.45, 2.75) is 19.4 Å². The van der Waals surface area contributed by atoms with E-state index in [1.165, 1.54) is 13.0 Å². The van der Waals surface area contributed by atoms with Gasteiger partial charge >= 0.3 is 0 Å². The number of hydrogen-bond acceptors (Lipinski definition) is 4. The second kappa shape index (κ2) is 8.44. The SMILES string of the molecule is CC(=O)Nc1ccccc1C(=O)N[C@@H](Cc1cccc(C#N)c1)C(N)=O. The van der Waals surface area contributed by atoms with Crippen molar-refractivity contribution >= 4 is 23.4 Å². The standard InChI is InChI=1S/C19H18N4O3/c1-12(24)22-16-8-3-2-7-15(16)19(26)23-17(18(21)25)10-13-5-4-6-14(9-13)11-20/h2-9,17H,10H2,1H3,(H2,21,25)(H,22,24)(H,23,26)/t17-/m0/s1. The Morgan fingerprint density at radius 1 is 1.15 bits per heavy atom. The molecule has 26 heavy (non-hydrogen) atoms. The Balaban J connectivity index is 2.20. The number of benzene rings is 2. The summed E-state index contributed by atoms with van der Waals surface area (Å²) in [6.07, 6.45) is 0.152. The smallest absolute Gasteiger partial charge is 0.254 e. The molecule has 0 fully saturated rings. The first-order valence-electron chi connectivity index (χ1n) is 7.86. The molecular formula is C19H18N4O3. The number of amides is 3. The van der Waals surface area contributed by atoms with Crippen molar-refractivity contribution in [1.29, 1.82) is 5.26 Å². The zero-order chi connectivity index (χ0) is 19.1. The molecule has 4 N–H and O–H groups in total. The lowest BCUT2D eigenvalue weighted by Crippen LogP contribution is -2.46. The molecule has 2 aromatic rings. The largest absolute Gasteiger partial charge is 0.368 e. The molecule has 0 saturated heterocycles. The lowest BCUT2D eigenvalue weighted by molar-refractivity contribution is -0.119. The Labute approximate surface area is 150 Å². The maximum atomic E-state index is 12.6. The summed E-state index contributed by atoms with van der Waals surface area (Å²) in [5, 5.41) is 14.1. The Morgan fingerprint density at radius 3 is 2.54 bits per heavy atom. The van der Waals surface area contributed by atoms with E-state index in [9.17, 15) is 14.4 Å². The molecule has 3 amide bonds. The van der Waals surface area contributed by atoms with Gasteiger partial charge in [0.05, 0.1) is 22.9 Å². The minimum Gasteiger partial charge on any atom is -0.368 e. The predicted molar refractivity (Wildman–Crippen MR) is 96.1 cm³/mol. The lowest BCUT2D eigenvalue weighted by atomic mass is 10.0. The third-order valence-corrected chi connectivity index (χ3v) is 3.63. The van der Waals surface area contributed by atoms with Crippen molar-refractivity contribution in [2.75, 3.05) is 5.32 Å². The molecule has 0 saturated carbocycles. The fourth-order valence-corrected chi connectivity index (χ4v) is 2.44. The van der Waals surface area contributed by atoms with Crippen LogP contribution in [-0.4, -0.2) is 23.8 Å². The molecule has 0 radical (unpaired) electrons. The molecule has 7 nitrogen and oxygen atoms in total. The van der Waals surface area contributed by atoms with Crippen LogP contribution in [0.5, 0.6) is 0 Å². The number of anilines is 1. The Hall–Kier alpha value is -3.66. The van der Waals surface area contributed by atoms with Gasteiger partial charge < -0.3 is 16.4 Å². The van der Waals surface area contributed by atoms with Gasteiger partial charge in [0.25, 0.3) is 5.91 Å². The van der Waals surface area contributed by atoms with Crippen molar-refractivity contribution < 1.29 is 14.4 Å². The first-order chi connectivity index (χ1) is 12.4. The fraction of sp³-hybridized carbons (Fsp3) is 0.158. The number of primary amides is 1. The number of carbonyl (C=O) groups is 3. The number of nitrogens with two attached hydrogens (primary N) is 1. The van der Waals surface area contributed by atoms with Crippen molar-refractivity contribution in [1.82, 2.24) is 5.32 Å². The van der Waals surface area contributed by atoms with Gasteiger partial charge in [0.1, 0.15) is 6.04 Å². The van der Waals surface area contributed by atoms with Crippen LogP contribution in [-0.2, 0) is 16.0 Å². The maximum absolute atomic E-state index is 12.6. The molecule has 0 bridgehead atoms. The summed E-state index contributed by atoms with van der Waals surface area (Å²) in [6.45, 7) is 1.34. The lowest BCUT2D eigenvalue weighted by Gasteiger charge is -2.17. The highest BCUT2D eigenvalue weighted by molar-refractivity contribution is 6.04. The van der Waals surface area contributed by atoms with Gasteiger partial charge in [-0.3, -0.25) is 14.4 Å². The maximum Gasteiger partial charge on any atom is 0.254 e. The van der Waals surface area contributed by atoms with Gasteiger partial charge in [-0.15, -0.1) is 0 Å². The third kappa shape index (κ3) is 4.92. The van der Waals surface area contributed by atoms with E-state index in [0.29, 0.717) is 16.8 Å². The number of hydrogen-bond donors (Lipinski definition) is 3. The van der Waals surface area contributed by atoms with E-state index < -0.39 is 17.9 Å². The summed E-state index contributed by atoms with van der Waals surface area (Å²) in [7, 11) is 0. The highest BCUT2D eigenvalue weighted by Crippen LogP contribution is 2.15. The van der Waals surface area contributed by atoms with E-state index in [0.717, 1.165) is 0 Å². The summed E-state index contributed by atoms with van der Waals surface area (Å²) in [5.41, 5.74) is 7.12. The van der Waals surface area contributed by atoms with Crippen LogP contribution in [0.2, 0.25) is 0 Å². The number of nitrogens with one attached hydrogen (secondary N) is 2. The van der Waals surface area contributed by atoms with Crippen LogP contribution >= 0.6 is 0 Å². The van der Waals surface area contributed by atoms with Gasteiger partial charge in [-0.25, -0.2) is 0 Å². The molecular weight excluding hydrogens is 332 g/mol. The molecule has 7 heteroatoms. The normalized spacial score (nSPS) is 11.1. The minimum atomic E-state index is -0.957. The van der Waals surface area contributed by atoms with Crippen molar-refractivity contribution in [3.05, 3.63) is 65.2 Å². The summed E-state index contributed by atoms with van der Waals surface area (Å²) in [4.78, 5) is 35.6. The first kappa shape index (κ1) is 18.7. The monoisotopic (exact) mass is 350 g/mol. The number of rotatable bonds is 6. The summed E-state index contributed by atoms with van der Waals surface area (Å²) >= 11 is 0. The van der Waals surface area contributed by atoms with Gasteiger partial charge in [-0.2, -0.15) is 5.26 Å². The molecule has 0 spiro atoms. The number of nitrogens with zero attached hydrogens (tertiary/aromatic N) is 1. The fourth-order valence-electron chi connectivity index (χ4n) is 2.44. The van der Waals surface area contributed by atoms with E-state index in [1.807, 2.05) is 6.07 Å². The van der Waals surface area contributed by atoms with E-state index in [4.69, 9.17) is 11.0 Å². The van der Waals surface area contributed by atoms with Crippen LogP contribution in [0.25, 0.3) is 0 Å². The van der Waals surface area contributed by atoms with Gasteiger partial charge in [-0.05, 0) is 29.8 Å². The molecule has 1 atom stereocenters.